The van der Waals surface area contributed by atoms with Gasteiger partial charge in [-0.3, -0.25) is 0 Å². The fourth-order valence-electron chi connectivity index (χ4n) is 2.00. The molecule has 0 aliphatic carbocycles. The number of nitrogens with two attached hydrogens (primary N) is 1. The molecule has 3 N–H and O–H groups in total. The van der Waals surface area contributed by atoms with E-state index in [-0.39, 0.29) is 24.7 Å². The Morgan fingerprint density at radius 1 is 1.14 bits per heavy atom. The molecule has 0 aliphatic rings. The van der Waals surface area contributed by atoms with Crippen LogP contribution in [0, 0.1) is 0 Å². The normalized spacial score (nSPS) is 12.0. The molecule has 1 aromatic carbocycles. The van der Waals surface area contributed by atoms with Crippen LogP contribution in [0.25, 0.3) is 0 Å². The average molecular weight is 376 g/mol. The lowest BCUT2D eigenvalue weighted by atomic mass is 9.95. The van der Waals surface area contributed by atoms with E-state index in [0.29, 0.717) is 28.5 Å². The van der Waals surface area contributed by atoms with Gasteiger partial charge in [0.25, 0.3) is 0 Å². The largest absolute Gasteiger partial charge is 0.329 e. The Hall–Kier alpha value is -0.0400. The molecule has 0 spiro atoms. The van der Waals surface area contributed by atoms with Crippen molar-refractivity contribution < 1.29 is 8.42 Å². The Labute approximate surface area is 142 Å². The third-order valence-electron chi connectivity index (χ3n) is 3.40. The highest BCUT2D eigenvalue weighted by atomic mass is 35.5. The molecule has 8 heteroatoms. The first-order valence-corrected chi connectivity index (χ1v) is 8.83. The van der Waals surface area contributed by atoms with Gasteiger partial charge in [-0.1, -0.05) is 37.0 Å². The number of halogens is 3. The average Bonchev–Trinajstić information content (AvgIpc) is 2.34. The van der Waals surface area contributed by atoms with E-state index in [1.165, 1.54) is 0 Å². The molecule has 0 heterocycles. The monoisotopic (exact) mass is 374 g/mol. The van der Waals surface area contributed by atoms with Crippen molar-refractivity contribution in [2.45, 2.75) is 38.0 Å². The van der Waals surface area contributed by atoms with Crippen molar-refractivity contribution in [3.05, 3.63) is 33.8 Å². The number of hydrogen-bond donors (Lipinski definition) is 2. The Kier molecular flexibility index (Phi) is 8.54. The second-order valence-corrected chi connectivity index (χ2v) is 7.43. The third kappa shape index (κ3) is 6.30. The molecular weight excluding hydrogens is 355 g/mol. The summed E-state index contributed by atoms with van der Waals surface area (Å²) in [5.41, 5.74) is 5.66. The lowest BCUT2D eigenvalue weighted by Crippen LogP contribution is -2.53. The van der Waals surface area contributed by atoms with Gasteiger partial charge in [-0.2, -0.15) is 0 Å². The first-order valence-electron chi connectivity index (χ1n) is 6.42. The summed E-state index contributed by atoms with van der Waals surface area (Å²) in [6.07, 6.45) is 1.27. The van der Waals surface area contributed by atoms with Gasteiger partial charge in [0.15, 0.2) is 0 Å². The van der Waals surface area contributed by atoms with Gasteiger partial charge in [0.2, 0.25) is 10.0 Å². The van der Waals surface area contributed by atoms with Crippen LogP contribution >= 0.6 is 35.6 Å². The zero-order valence-electron chi connectivity index (χ0n) is 12.0. The zero-order chi connectivity index (χ0) is 15.4. The first-order chi connectivity index (χ1) is 9.26. The smallest absolute Gasteiger partial charge is 0.216 e. The fourth-order valence-corrected chi connectivity index (χ4v) is 4.28. The minimum absolute atomic E-state index is 0. The first kappa shape index (κ1) is 21.0. The molecule has 0 amide bonds. The lowest BCUT2D eigenvalue weighted by Gasteiger charge is -2.31. The van der Waals surface area contributed by atoms with E-state index < -0.39 is 15.6 Å². The molecule has 0 radical (unpaired) electrons. The maximum Gasteiger partial charge on any atom is 0.216 e. The number of sulfonamides is 1. The summed E-state index contributed by atoms with van der Waals surface area (Å²) in [5.74, 6) is -0.172. The Morgan fingerprint density at radius 2 is 1.62 bits per heavy atom. The zero-order valence-corrected chi connectivity index (χ0v) is 15.2. The van der Waals surface area contributed by atoms with Crippen molar-refractivity contribution in [2.75, 3.05) is 6.54 Å². The molecule has 21 heavy (non-hydrogen) atoms. The maximum atomic E-state index is 12.3. The van der Waals surface area contributed by atoms with Crippen LogP contribution in [0.4, 0.5) is 0 Å². The van der Waals surface area contributed by atoms with Crippen molar-refractivity contribution in [1.29, 1.82) is 0 Å². The van der Waals surface area contributed by atoms with Crippen LogP contribution in [-0.4, -0.2) is 20.5 Å². The summed E-state index contributed by atoms with van der Waals surface area (Å²) in [5, 5.41) is 0.831. The summed E-state index contributed by atoms with van der Waals surface area (Å²) >= 11 is 11.7. The molecule has 0 atom stereocenters. The van der Waals surface area contributed by atoms with Gasteiger partial charge in [-0.25, -0.2) is 13.1 Å². The van der Waals surface area contributed by atoms with Crippen LogP contribution in [-0.2, 0) is 15.8 Å². The van der Waals surface area contributed by atoms with Gasteiger partial charge in [-0.15, -0.1) is 12.4 Å². The topological polar surface area (TPSA) is 72.2 Å². The lowest BCUT2D eigenvalue weighted by molar-refractivity contribution is 0.363. The minimum atomic E-state index is -3.51. The predicted octanol–water partition coefficient (Wildman–Crippen LogP) is 3.35. The van der Waals surface area contributed by atoms with Crippen LogP contribution < -0.4 is 10.5 Å². The van der Waals surface area contributed by atoms with Gasteiger partial charge >= 0.3 is 0 Å². The second kappa shape index (κ2) is 8.56. The van der Waals surface area contributed by atoms with Crippen LogP contribution in [0.15, 0.2) is 18.2 Å². The Balaban J connectivity index is 0.00000400. The number of nitrogens with one attached hydrogen (secondary N) is 1. The van der Waals surface area contributed by atoms with E-state index in [1.807, 2.05) is 13.8 Å². The van der Waals surface area contributed by atoms with Crippen LogP contribution in [0.2, 0.25) is 10.0 Å². The van der Waals surface area contributed by atoms with Crippen molar-refractivity contribution >= 4 is 45.6 Å². The summed E-state index contributed by atoms with van der Waals surface area (Å²) in [6.45, 7) is 4.08. The van der Waals surface area contributed by atoms with E-state index in [0.717, 1.165) is 0 Å². The number of hydrogen-bond acceptors (Lipinski definition) is 3. The molecule has 0 fully saturated rings. The van der Waals surface area contributed by atoms with Crippen LogP contribution in [0.5, 0.6) is 0 Å². The molecule has 1 aromatic rings. The summed E-state index contributed by atoms with van der Waals surface area (Å²) in [4.78, 5) is 0. The third-order valence-corrected chi connectivity index (χ3v) is 5.29. The van der Waals surface area contributed by atoms with E-state index in [1.54, 1.807) is 18.2 Å². The van der Waals surface area contributed by atoms with E-state index in [4.69, 9.17) is 28.9 Å². The molecule has 0 saturated carbocycles. The van der Waals surface area contributed by atoms with Crippen LogP contribution in [0.1, 0.15) is 32.3 Å². The number of benzene rings is 1. The number of rotatable bonds is 7. The summed E-state index contributed by atoms with van der Waals surface area (Å²) in [6, 6.07) is 4.75. The highest BCUT2D eigenvalue weighted by Crippen LogP contribution is 2.22. The Bertz CT molecular complexity index is 532. The molecular formula is C13H21Cl3N2O2S. The molecule has 0 bridgehead atoms. The van der Waals surface area contributed by atoms with Gasteiger partial charge in [0.1, 0.15) is 0 Å². The molecule has 0 unspecified atom stereocenters. The second-order valence-electron chi connectivity index (χ2n) is 4.83. The molecule has 122 valence electrons. The molecule has 0 aliphatic heterocycles. The quantitative estimate of drug-likeness (QED) is 0.767. The Morgan fingerprint density at radius 3 is 2.00 bits per heavy atom. The van der Waals surface area contributed by atoms with Crippen molar-refractivity contribution in [2.24, 2.45) is 5.73 Å². The van der Waals surface area contributed by atoms with E-state index in [2.05, 4.69) is 4.72 Å². The van der Waals surface area contributed by atoms with Crippen molar-refractivity contribution in [1.82, 2.24) is 4.72 Å². The highest BCUT2D eigenvalue weighted by Gasteiger charge is 2.29. The maximum absolute atomic E-state index is 12.3. The fraction of sp³-hybridized carbons (Fsp3) is 0.538. The van der Waals surface area contributed by atoms with Gasteiger partial charge < -0.3 is 5.73 Å². The highest BCUT2D eigenvalue weighted by molar-refractivity contribution is 7.88. The summed E-state index contributed by atoms with van der Waals surface area (Å²) in [7, 11) is -3.51. The van der Waals surface area contributed by atoms with Gasteiger partial charge in [0, 0.05) is 22.1 Å². The molecule has 0 saturated heterocycles. The molecule has 0 aromatic heterocycles. The van der Waals surface area contributed by atoms with Gasteiger partial charge in [-0.05, 0) is 36.6 Å². The SMILES string of the molecule is CCC(CC)(CN)NS(=O)(=O)Cc1cc(Cl)cc(Cl)c1.Cl. The summed E-state index contributed by atoms with van der Waals surface area (Å²) < 4.78 is 27.2. The molecule has 4 nitrogen and oxygen atoms in total. The van der Waals surface area contributed by atoms with Crippen molar-refractivity contribution in [3.63, 3.8) is 0 Å². The minimum Gasteiger partial charge on any atom is -0.329 e. The van der Waals surface area contributed by atoms with Crippen LogP contribution in [0.3, 0.4) is 0 Å². The predicted molar refractivity (Wildman–Crippen MR) is 91.8 cm³/mol. The molecule has 1 rings (SSSR count). The van der Waals surface area contributed by atoms with E-state index in [9.17, 15) is 8.42 Å². The van der Waals surface area contributed by atoms with Crippen molar-refractivity contribution in [3.8, 4) is 0 Å². The van der Waals surface area contributed by atoms with Gasteiger partial charge in [0.05, 0.1) is 5.75 Å². The standard InChI is InChI=1S/C13H20Cl2N2O2S.ClH/c1-3-13(4-2,9-16)17-20(18,19)8-10-5-11(14)7-12(15)6-10;/h5-7,17H,3-4,8-9,16H2,1-2H3;1H. The van der Waals surface area contributed by atoms with E-state index >= 15 is 0 Å².